The topological polar surface area (TPSA) is 92.3 Å². The number of hydrogen-bond acceptors (Lipinski definition) is 6. The number of nitrogens with one attached hydrogen (secondary N) is 2. The lowest BCUT2D eigenvalue weighted by Crippen LogP contribution is -2.15. The van der Waals surface area contributed by atoms with Crippen molar-refractivity contribution in [3.63, 3.8) is 0 Å². The molecule has 122 valence electrons. The molecule has 2 rings (SSSR count). The maximum Gasteiger partial charge on any atom is 0.363 e. The molecule has 0 saturated heterocycles. The summed E-state index contributed by atoms with van der Waals surface area (Å²) in [5.74, 6) is 1.15. The SMILES string of the molecule is CCCCCOc1cccc(C=NNc2nc(=O)[nH]nc2C)c1. The summed E-state index contributed by atoms with van der Waals surface area (Å²) in [6.07, 6.45) is 5.03. The Hall–Kier alpha value is -2.70. The molecule has 0 fully saturated rings. The van der Waals surface area contributed by atoms with Crippen molar-refractivity contribution < 1.29 is 4.74 Å². The minimum Gasteiger partial charge on any atom is -0.494 e. The highest BCUT2D eigenvalue weighted by Gasteiger charge is 2.00. The smallest absolute Gasteiger partial charge is 0.363 e. The number of anilines is 1. The number of hydrogen-bond donors (Lipinski definition) is 2. The molecule has 0 bridgehead atoms. The number of H-pyrrole nitrogens is 1. The Kier molecular flexibility index (Phi) is 6.28. The minimum atomic E-state index is -0.518. The van der Waals surface area contributed by atoms with Crippen molar-refractivity contribution in [3.8, 4) is 5.75 Å². The van der Waals surface area contributed by atoms with Crippen LogP contribution in [0.4, 0.5) is 5.82 Å². The highest BCUT2D eigenvalue weighted by atomic mass is 16.5. The van der Waals surface area contributed by atoms with E-state index in [1.807, 2.05) is 24.3 Å². The lowest BCUT2D eigenvalue weighted by Gasteiger charge is -2.06. The number of aromatic amines is 1. The number of benzene rings is 1. The maximum absolute atomic E-state index is 11.1. The van der Waals surface area contributed by atoms with Crippen LogP contribution in [0.2, 0.25) is 0 Å². The summed E-state index contributed by atoms with van der Waals surface area (Å²) in [6.45, 7) is 4.61. The van der Waals surface area contributed by atoms with Crippen LogP contribution in [-0.4, -0.2) is 28.0 Å². The second-order valence-corrected chi connectivity index (χ2v) is 5.07. The molecule has 1 aromatic carbocycles. The summed E-state index contributed by atoms with van der Waals surface area (Å²) in [4.78, 5) is 14.9. The van der Waals surface area contributed by atoms with Crippen molar-refractivity contribution in [2.24, 2.45) is 5.10 Å². The van der Waals surface area contributed by atoms with E-state index >= 15 is 0 Å². The van der Waals surface area contributed by atoms with E-state index in [0.29, 0.717) is 18.1 Å². The minimum absolute atomic E-state index is 0.331. The Morgan fingerprint density at radius 3 is 3.09 bits per heavy atom. The molecule has 0 aliphatic heterocycles. The number of unbranched alkanes of at least 4 members (excludes halogenated alkanes) is 2. The van der Waals surface area contributed by atoms with Gasteiger partial charge in [0.15, 0.2) is 5.82 Å². The van der Waals surface area contributed by atoms with Gasteiger partial charge in [-0.1, -0.05) is 31.9 Å². The number of aromatic nitrogens is 3. The molecule has 1 heterocycles. The zero-order chi connectivity index (χ0) is 16.5. The largest absolute Gasteiger partial charge is 0.494 e. The van der Waals surface area contributed by atoms with E-state index in [-0.39, 0.29) is 0 Å². The van der Waals surface area contributed by atoms with Gasteiger partial charge in [-0.25, -0.2) is 9.89 Å². The molecule has 2 aromatic rings. The molecule has 2 N–H and O–H groups in total. The standard InChI is InChI=1S/C16H21N5O2/c1-3-4-5-9-23-14-8-6-7-13(10-14)11-17-20-15-12(2)19-21-16(22)18-15/h6-8,10-11H,3-5,9H2,1-2H3,(H2,18,20,21,22). The van der Waals surface area contributed by atoms with Gasteiger partial charge in [-0.3, -0.25) is 5.43 Å². The zero-order valence-corrected chi connectivity index (χ0v) is 13.4. The normalized spacial score (nSPS) is 10.9. The van der Waals surface area contributed by atoms with Gasteiger partial charge in [0.25, 0.3) is 0 Å². The van der Waals surface area contributed by atoms with Gasteiger partial charge in [0.05, 0.1) is 12.8 Å². The number of aryl methyl sites for hydroxylation is 1. The van der Waals surface area contributed by atoms with Gasteiger partial charge >= 0.3 is 5.69 Å². The molecule has 0 aliphatic rings. The molecule has 0 unspecified atom stereocenters. The van der Waals surface area contributed by atoms with Crippen LogP contribution in [0.5, 0.6) is 5.75 Å². The zero-order valence-electron chi connectivity index (χ0n) is 13.4. The van der Waals surface area contributed by atoms with E-state index in [2.05, 4.69) is 32.6 Å². The van der Waals surface area contributed by atoms with E-state index in [1.54, 1.807) is 13.1 Å². The van der Waals surface area contributed by atoms with Crippen molar-refractivity contribution in [2.45, 2.75) is 33.1 Å². The molecule has 0 amide bonds. The fourth-order valence-corrected chi connectivity index (χ4v) is 1.89. The Labute approximate surface area is 134 Å². The first kappa shape index (κ1) is 16.7. The molecular weight excluding hydrogens is 294 g/mol. The van der Waals surface area contributed by atoms with Gasteiger partial charge in [-0.2, -0.15) is 15.2 Å². The van der Waals surface area contributed by atoms with Crippen LogP contribution in [0.15, 0.2) is 34.2 Å². The monoisotopic (exact) mass is 315 g/mol. The van der Waals surface area contributed by atoms with E-state index < -0.39 is 5.69 Å². The van der Waals surface area contributed by atoms with Crippen molar-refractivity contribution in [1.29, 1.82) is 0 Å². The third kappa shape index (κ3) is 5.54. The van der Waals surface area contributed by atoms with Crippen LogP contribution < -0.4 is 15.9 Å². The van der Waals surface area contributed by atoms with Crippen molar-refractivity contribution in [1.82, 2.24) is 15.2 Å². The lowest BCUT2D eigenvalue weighted by molar-refractivity contribution is 0.306. The van der Waals surface area contributed by atoms with Gasteiger partial charge < -0.3 is 4.74 Å². The van der Waals surface area contributed by atoms with E-state index in [9.17, 15) is 4.79 Å². The summed E-state index contributed by atoms with van der Waals surface area (Å²) in [6, 6.07) is 7.66. The average Bonchev–Trinajstić information content (AvgIpc) is 2.55. The van der Waals surface area contributed by atoms with Crippen LogP contribution in [0.3, 0.4) is 0 Å². The number of hydrazone groups is 1. The summed E-state index contributed by atoms with van der Waals surface area (Å²) in [5.41, 5.74) is 3.65. The fourth-order valence-electron chi connectivity index (χ4n) is 1.89. The van der Waals surface area contributed by atoms with E-state index in [4.69, 9.17) is 4.74 Å². The average molecular weight is 315 g/mol. The summed E-state index contributed by atoms with van der Waals surface area (Å²) in [5, 5.41) is 10.1. The number of rotatable bonds is 8. The fraction of sp³-hybridized carbons (Fsp3) is 0.375. The summed E-state index contributed by atoms with van der Waals surface area (Å²) in [7, 11) is 0. The van der Waals surface area contributed by atoms with Crippen LogP contribution in [0.25, 0.3) is 0 Å². The van der Waals surface area contributed by atoms with Crippen molar-refractivity contribution >= 4 is 12.0 Å². The molecule has 7 nitrogen and oxygen atoms in total. The molecule has 0 saturated carbocycles. The molecule has 0 spiro atoms. The van der Waals surface area contributed by atoms with Crippen LogP contribution in [0, 0.1) is 6.92 Å². The second kappa shape index (κ2) is 8.67. The number of nitrogens with zero attached hydrogens (tertiary/aromatic N) is 3. The van der Waals surface area contributed by atoms with Gasteiger partial charge in [0, 0.05) is 0 Å². The first-order valence-electron chi connectivity index (χ1n) is 7.64. The molecule has 1 aromatic heterocycles. The second-order valence-electron chi connectivity index (χ2n) is 5.07. The number of ether oxygens (including phenoxy) is 1. The molecular formula is C16H21N5O2. The predicted octanol–water partition coefficient (Wildman–Crippen LogP) is 2.49. The highest BCUT2D eigenvalue weighted by Crippen LogP contribution is 2.13. The third-order valence-corrected chi connectivity index (χ3v) is 3.13. The lowest BCUT2D eigenvalue weighted by atomic mass is 10.2. The van der Waals surface area contributed by atoms with Gasteiger partial charge in [-0.15, -0.1) is 0 Å². The summed E-state index contributed by atoms with van der Waals surface area (Å²) < 4.78 is 5.70. The quantitative estimate of drug-likeness (QED) is 0.443. The highest BCUT2D eigenvalue weighted by molar-refractivity contribution is 5.80. The predicted molar refractivity (Wildman–Crippen MR) is 90.1 cm³/mol. The maximum atomic E-state index is 11.1. The Bertz CT molecular complexity index is 712. The summed E-state index contributed by atoms with van der Waals surface area (Å²) >= 11 is 0. The van der Waals surface area contributed by atoms with Crippen molar-refractivity contribution in [3.05, 3.63) is 46.0 Å². The van der Waals surface area contributed by atoms with E-state index in [0.717, 1.165) is 17.7 Å². The Balaban J connectivity index is 1.94. The first-order valence-corrected chi connectivity index (χ1v) is 7.64. The molecule has 0 atom stereocenters. The van der Waals surface area contributed by atoms with Crippen LogP contribution in [-0.2, 0) is 0 Å². The molecule has 7 heteroatoms. The molecule has 23 heavy (non-hydrogen) atoms. The third-order valence-electron chi connectivity index (χ3n) is 3.13. The Morgan fingerprint density at radius 1 is 1.39 bits per heavy atom. The molecule has 0 radical (unpaired) electrons. The van der Waals surface area contributed by atoms with E-state index in [1.165, 1.54) is 12.8 Å². The van der Waals surface area contributed by atoms with Gasteiger partial charge in [0.2, 0.25) is 0 Å². The van der Waals surface area contributed by atoms with Gasteiger partial charge in [0.1, 0.15) is 11.4 Å². The molecule has 0 aliphatic carbocycles. The van der Waals surface area contributed by atoms with Gasteiger partial charge in [-0.05, 0) is 31.0 Å². The Morgan fingerprint density at radius 2 is 2.26 bits per heavy atom. The van der Waals surface area contributed by atoms with Crippen LogP contribution >= 0.6 is 0 Å². The van der Waals surface area contributed by atoms with Crippen molar-refractivity contribution in [2.75, 3.05) is 12.0 Å². The first-order chi connectivity index (χ1) is 11.2. The van der Waals surface area contributed by atoms with Crippen LogP contribution in [0.1, 0.15) is 37.4 Å².